The van der Waals surface area contributed by atoms with Crippen molar-refractivity contribution in [2.45, 2.75) is 6.43 Å². The molecule has 0 aliphatic rings. The lowest BCUT2D eigenvalue weighted by Gasteiger charge is -2.22. The van der Waals surface area contributed by atoms with Gasteiger partial charge in [0.2, 0.25) is 0 Å². The zero-order valence-corrected chi connectivity index (χ0v) is 12.5. The van der Waals surface area contributed by atoms with E-state index < -0.39 is 13.0 Å². The number of carbonyl (C=O) groups excluding carboxylic acids is 1. The second-order valence-corrected chi connectivity index (χ2v) is 5.07. The number of rotatable bonds is 6. The Hall–Kier alpha value is -1.17. The normalized spacial score (nSPS) is 10.6. The summed E-state index contributed by atoms with van der Waals surface area (Å²) in [5.41, 5.74) is 1.29. The van der Waals surface area contributed by atoms with Crippen LogP contribution in [0, 0.1) is 0 Å². The second-order valence-electron chi connectivity index (χ2n) is 4.28. The summed E-state index contributed by atoms with van der Waals surface area (Å²) >= 11 is 3.17. The molecule has 1 rings (SSSR count). The van der Waals surface area contributed by atoms with Gasteiger partial charge in [0.25, 0.3) is 12.3 Å². The molecule has 0 saturated carbocycles. The molecule has 0 aliphatic heterocycles. The van der Waals surface area contributed by atoms with Crippen molar-refractivity contribution in [3.63, 3.8) is 0 Å². The molecule has 0 heterocycles. The lowest BCUT2D eigenvalue weighted by atomic mass is 10.1. The van der Waals surface area contributed by atoms with E-state index in [0.717, 1.165) is 10.6 Å². The van der Waals surface area contributed by atoms with Crippen molar-refractivity contribution in [2.75, 3.05) is 37.4 Å². The number of alkyl halides is 3. The van der Waals surface area contributed by atoms with Crippen LogP contribution < -0.4 is 4.90 Å². The van der Waals surface area contributed by atoms with E-state index in [2.05, 4.69) is 15.9 Å². The van der Waals surface area contributed by atoms with Gasteiger partial charge in [-0.3, -0.25) is 4.79 Å². The van der Waals surface area contributed by atoms with Crippen LogP contribution in [-0.4, -0.2) is 49.7 Å². The third-order valence-electron chi connectivity index (χ3n) is 2.61. The number of anilines is 1. The third-order valence-corrected chi connectivity index (χ3v) is 2.96. The van der Waals surface area contributed by atoms with Gasteiger partial charge in [-0.15, -0.1) is 0 Å². The topological polar surface area (TPSA) is 23.6 Å². The summed E-state index contributed by atoms with van der Waals surface area (Å²) in [4.78, 5) is 15.2. The minimum atomic E-state index is -2.53. The van der Waals surface area contributed by atoms with E-state index in [1.54, 1.807) is 18.2 Å². The molecule has 6 heteroatoms. The first-order valence-electron chi connectivity index (χ1n) is 5.86. The van der Waals surface area contributed by atoms with E-state index in [-0.39, 0.29) is 12.5 Å². The van der Waals surface area contributed by atoms with Crippen molar-refractivity contribution < 1.29 is 13.6 Å². The molecule has 1 aromatic carbocycles. The molecule has 19 heavy (non-hydrogen) atoms. The Morgan fingerprint density at radius 1 is 1.37 bits per heavy atom. The van der Waals surface area contributed by atoms with E-state index in [0.29, 0.717) is 10.9 Å². The molecule has 3 nitrogen and oxygen atoms in total. The van der Waals surface area contributed by atoms with Gasteiger partial charge < -0.3 is 9.80 Å². The lowest BCUT2D eigenvalue weighted by molar-refractivity contribution is 0.0572. The van der Waals surface area contributed by atoms with Gasteiger partial charge in [0.1, 0.15) is 0 Å². The highest BCUT2D eigenvalue weighted by atomic mass is 79.9. The SMILES string of the molecule is CN(C)c1cccc(C(=O)N(CCBr)CC(F)F)c1. The van der Waals surface area contributed by atoms with E-state index in [1.165, 1.54) is 0 Å². The number of nitrogens with zero attached hydrogens (tertiary/aromatic N) is 2. The Balaban J connectivity index is 2.92. The number of carbonyl (C=O) groups is 1. The number of hydrogen-bond donors (Lipinski definition) is 0. The van der Waals surface area contributed by atoms with Gasteiger partial charge >= 0.3 is 0 Å². The largest absolute Gasteiger partial charge is 0.378 e. The maximum atomic E-state index is 12.5. The molecule has 0 aliphatic carbocycles. The molecule has 0 atom stereocenters. The fraction of sp³-hybridized carbons (Fsp3) is 0.462. The van der Waals surface area contributed by atoms with E-state index in [9.17, 15) is 13.6 Å². The first-order chi connectivity index (χ1) is 8.95. The molecule has 1 aromatic rings. The van der Waals surface area contributed by atoms with Crippen molar-refractivity contribution in [1.29, 1.82) is 0 Å². The van der Waals surface area contributed by atoms with Crippen LogP contribution in [0.1, 0.15) is 10.4 Å². The van der Waals surface area contributed by atoms with Crippen molar-refractivity contribution in [2.24, 2.45) is 0 Å². The van der Waals surface area contributed by atoms with Crippen molar-refractivity contribution in [1.82, 2.24) is 4.90 Å². The molecule has 0 aromatic heterocycles. The maximum absolute atomic E-state index is 12.5. The van der Waals surface area contributed by atoms with Gasteiger partial charge in [0, 0.05) is 37.2 Å². The zero-order chi connectivity index (χ0) is 14.4. The number of hydrogen-bond acceptors (Lipinski definition) is 2. The molecular weight excluding hydrogens is 318 g/mol. The zero-order valence-electron chi connectivity index (χ0n) is 10.9. The molecule has 106 valence electrons. The summed E-state index contributed by atoms with van der Waals surface area (Å²) in [6.07, 6.45) is -2.53. The highest BCUT2D eigenvalue weighted by Crippen LogP contribution is 2.15. The molecular formula is C13H17BrF2N2O. The van der Waals surface area contributed by atoms with Crippen LogP contribution in [0.4, 0.5) is 14.5 Å². The second kappa shape index (κ2) is 7.43. The van der Waals surface area contributed by atoms with Crippen molar-refractivity contribution >= 4 is 27.5 Å². The average Bonchev–Trinajstić information content (AvgIpc) is 2.37. The predicted molar refractivity (Wildman–Crippen MR) is 76.5 cm³/mol. The van der Waals surface area contributed by atoms with Crippen LogP contribution in [0.2, 0.25) is 0 Å². The summed E-state index contributed by atoms with van der Waals surface area (Å²) in [7, 11) is 3.72. The Morgan fingerprint density at radius 3 is 2.58 bits per heavy atom. The van der Waals surface area contributed by atoms with E-state index >= 15 is 0 Å². The van der Waals surface area contributed by atoms with Gasteiger partial charge in [-0.2, -0.15) is 0 Å². The van der Waals surface area contributed by atoms with Crippen LogP contribution in [0.5, 0.6) is 0 Å². The lowest BCUT2D eigenvalue weighted by Crippen LogP contribution is -2.36. The molecule has 0 saturated heterocycles. The van der Waals surface area contributed by atoms with Crippen LogP contribution in [0.3, 0.4) is 0 Å². The Kier molecular flexibility index (Phi) is 6.21. The van der Waals surface area contributed by atoms with Crippen LogP contribution in [0.15, 0.2) is 24.3 Å². The summed E-state index contributed by atoms with van der Waals surface area (Å²) in [6.45, 7) is -0.286. The predicted octanol–water partition coefficient (Wildman–Crippen LogP) is 2.85. The number of benzene rings is 1. The van der Waals surface area contributed by atoms with Gasteiger partial charge in [0.15, 0.2) is 0 Å². The minimum Gasteiger partial charge on any atom is -0.378 e. The monoisotopic (exact) mass is 334 g/mol. The quantitative estimate of drug-likeness (QED) is 0.747. The minimum absolute atomic E-state index is 0.259. The fourth-order valence-electron chi connectivity index (χ4n) is 1.64. The van der Waals surface area contributed by atoms with Gasteiger partial charge in [-0.05, 0) is 18.2 Å². The third kappa shape index (κ3) is 4.78. The van der Waals surface area contributed by atoms with Gasteiger partial charge in [-0.1, -0.05) is 22.0 Å². The van der Waals surface area contributed by atoms with E-state index in [1.807, 2.05) is 25.1 Å². The first-order valence-corrected chi connectivity index (χ1v) is 6.98. The highest BCUT2D eigenvalue weighted by Gasteiger charge is 2.19. The first kappa shape index (κ1) is 15.9. The van der Waals surface area contributed by atoms with Crippen LogP contribution >= 0.6 is 15.9 Å². The van der Waals surface area contributed by atoms with Gasteiger partial charge in [-0.25, -0.2) is 8.78 Å². The summed E-state index contributed by atoms with van der Waals surface area (Å²) in [6, 6.07) is 6.95. The average molecular weight is 335 g/mol. The molecule has 1 amide bonds. The fourth-order valence-corrected chi connectivity index (χ4v) is 2.07. The highest BCUT2D eigenvalue weighted by molar-refractivity contribution is 9.09. The van der Waals surface area contributed by atoms with E-state index in [4.69, 9.17) is 0 Å². The summed E-state index contributed by atoms with van der Waals surface area (Å²) in [5, 5.41) is 0.471. The molecule has 0 spiro atoms. The van der Waals surface area contributed by atoms with Crippen molar-refractivity contribution in [3.8, 4) is 0 Å². The molecule has 0 N–H and O–H groups in total. The Morgan fingerprint density at radius 2 is 2.05 bits per heavy atom. The van der Waals surface area contributed by atoms with Crippen molar-refractivity contribution in [3.05, 3.63) is 29.8 Å². The summed E-state index contributed by atoms with van der Waals surface area (Å²) in [5.74, 6) is -0.372. The van der Waals surface area contributed by atoms with Crippen LogP contribution in [0.25, 0.3) is 0 Å². The number of halogens is 3. The molecule has 0 radical (unpaired) electrons. The maximum Gasteiger partial charge on any atom is 0.255 e. The Labute approximate surface area is 120 Å². The molecule has 0 fully saturated rings. The molecule has 0 bridgehead atoms. The number of amides is 1. The smallest absolute Gasteiger partial charge is 0.255 e. The van der Waals surface area contributed by atoms with Gasteiger partial charge in [0.05, 0.1) is 6.54 Å². The standard InChI is InChI=1S/C13H17BrF2N2O/c1-17(2)11-5-3-4-10(8-11)13(19)18(7-6-14)9-12(15)16/h3-5,8,12H,6-7,9H2,1-2H3. The Bertz CT molecular complexity index is 427. The molecule has 0 unspecified atom stereocenters. The van der Waals surface area contributed by atoms with Crippen LogP contribution in [-0.2, 0) is 0 Å². The summed E-state index contributed by atoms with van der Waals surface area (Å²) < 4.78 is 24.9.